The SMILES string of the molecule is Cc1ccc(N/C=C(/C#N)C(=O)Nc2ccccc2O)c(C)c1. The van der Waals surface area contributed by atoms with E-state index in [1.807, 2.05) is 38.1 Å². The molecule has 0 spiro atoms. The molecule has 0 heterocycles. The van der Waals surface area contributed by atoms with Crippen molar-refractivity contribution in [2.45, 2.75) is 13.8 Å². The molecule has 0 aliphatic rings. The molecule has 0 atom stereocenters. The molecule has 0 fully saturated rings. The molecule has 0 saturated carbocycles. The summed E-state index contributed by atoms with van der Waals surface area (Å²) in [5.41, 5.74) is 3.13. The molecule has 116 valence electrons. The number of nitrogens with one attached hydrogen (secondary N) is 2. The van der Waals surface area contributed by atoms with Crippen LogP contribution in [0.15, 0.2) is 54.2 Å². The van der Waals surface area contributed by atoms with Gasteiger partial charge in [0, 0.05) is 11.9 Å². The monoisotopic (exact) mass is 307 g/mol. The average molecular weight is 307 g/mol. The number of rotatable bonds is 4. The molecule has 0 aromatic heterocycles. The van der Waals surface area contributed by atoms with Crippen LogP contribution in [0.4, 0.5) is 11.4 Å². The second-order valence-electron chi connectivity index (χ2n) is 5.10. The first kappa shape index (κ1) is 16.1. The highest BCUT2D eigenvalue weighted by Gasteiger charge is 2.11. The maximum absolute atomic E-state index is 12.1. The highest BCUT2D eigenvalue weighted by Crippen LogP contribution is 2.22. The number of amides is 1. The highest BCUT2D eigenvalue weighted by molar-refractivity contribution is 6.07. The molecule has 2 aromatic rings. The maximum Gasteiger partial charge on any atom is 0.267 e. The van der Waals surface area contributed by atoms with Gasteiger partial charge in [-0.2, -0.15) is 5.26 Å². The van der Waals surface area contributed by atoms with Crippen LogP contribution in [0.5, 0.6) is 5.75 Å². The third-order valence-electron chi connectivity index (χ3n) is 3.27. The zero-order valence-corrected chi connectivity index (χ0v) is 12.9. The number of hydrogen-bond donors (Lipinski definition) is 3. The molecule has 0 unspecified atom stereocenters. The second kappa shape index (κ2) is 7.14. The van der Waals surface area contributed by atoms with E-state index in [1.54, 1.807) is 18.2 Å². The number of nitrogens with zero attached hydrogens (tertiary/aromatic N) is 1. The van der Waals surface area contributed by atoms with Gasteiger partial charge in [-0.25, -0.2) is 0 Å². The van der Waals surface area contributed by atoms with Crippen molar-refractivity contribution in [1.29, 1.82) is 5.26 Å². The van der Waals surface area contributed by atoms with Gasteiger partial charge in [-0.05, 0) is 37.6 Å². The molecule has 2 aromatic carbocycles. The van der Waals surface area contributed by atoms with E-state index >= 15 is 0 Å². The van der Waals surface area contributed by atoms with E-state index in [9.17, 15) is 9.90 Å². The molecule has 5 heteroatoms. The minimum Gasteiger partial charge on any atom is -0.506 e. The Hall–Kier alpha value is -3.26. The van der Waals surface area contributed by atoms with E-state index in [1.165, 1.54) is 12.3 Å². The lowest BCUT2D eigenvalue weighted by molar-refractivity contribution is -0.112. The lowest BCUT2D eigenvalue weighted by Gasteiger charge is -2.08. The normalized spacial score (nSPS) is 10.7. The van der Waals surface area contributed by atoms with E-state index in [2.05, 4.69) is 10.6 Å². The molecule has 0 aliphatic carbocycles. The summed E-state index contributed by atoms with van der Waals surface area (Å²) in [6.07, 6.45) is 1.35. The van der Waals surface area contributed by atoms with E-state index in [0.29, 0.717) is 0 Å². The van der Waals surface area contributed by atoms with Crippen LogP contribution >= 0.6 is 0 Å². The van der Waals surface area contributed by atoms with E-state index in [-0.39, 0.29) is 17.0 Å². The standard InChI is InChI=1S/C18H17N3O2/c1-12-7-8-15(13(2)9-12)20-11-14(10-19)18(23)21-16-5-3-4-6-17(16)22/h3-9,11,20,22H,1-2H3,(H,21,23)/b14-11-. The largest absolute Gasteiger partial charge is 0.506 e. The van der Waals surface area contributed by atoms with Gasteiger partial charge < -0.3 is 15.7 Å². The number of phenolic OH excluding ortho intramolecular Hbond substituents is 1. The van der Waals surface area contributed by atoms with Crippen molar-refractivity contribution in [3.05, 3.63) is 65.4 Å². The molecule has 0 aliphatic heterocycles. The lowest BCUT2D eigenvalue weighted by Crippen LogP contribution is -2.14. The number of carbonyl (C=O) groups is 1. The average Bonchev–Trinajstić information content (AvgIpc) is 2.52. The van der Waals surface area contributed by atoms with Crippen LogP contribution in [-0.4, -0.2) is 11.0 Å². The lowest BCUT2D eigenvalue weighted by atomic mass is 10.1. The van der Waals surface area contributed by atoms with Crippen LogP contribution in [0, 0.1) is 25.2 Å². The van der Waals surface area contributed by atoms with Gasteiger partial charge in [-0.3, -0.25) is 4.79 Å². The molecular weight excluding hydrogens is 290 g/mol. The molecule has 23 heavy (non-hydrogen) atoms. The molecule has 0 saturated heterocycles. The minimum absolute atomic E-state index is 0.0551. The van der Waals surface area contributed by atoms with Crippen LogP contribution in [-0.2, 0) is 4.79 Å². The Labute approximate surface area is 134 Å². The first-order chi connectivity index (χ1) is 11.0. The predicted octanol–water partition coefficient (Wildman–Crippen LogP) is 3.47. The summed E-state index contributed by atoms with van der Waals surface area (Å²) in [5.74, 6) is -0.647. The van der Waals surface area contributed by atoms with Crippen LogP contribution in [0.1, 0.15) is 11.1 Å². The number of aromatic hydroxyl groups is 1. The van der Waals surface area contributed by atoms with Crippen molar-refractivity contribution in [3.63, 3.8) is 0 Å². The quantitative estimate of drug-likeness (QED) is 0.459. The van der Waals surface area contributed by atoms with Crippen molar-refractivity contribution in [2.24, 2.45) is 0 Å². The molecule has 1 amide bonds. The van der Waals surface area contributed by atoms with Crippen LogP contribution in [0.3, 0.4) is 0 Å². The van der Waals surface area contributed by atoms with Crippen LogP contribution < -0.4 is 10.6 Å². The summed E-state index contributed by atoms with van der Waals surface area (Å²) in [4.78, 5) is 12.1. The van der Waals surface area contributed by atoms with Gasteiger partial charge in [-0.15, -0.1) is 0 Å². The number of anilines is 2. The molecule has 3 N–H and O–H groups in total. The zero-order valence-electron chi connectivity index (χ0n) is 12.9. The van der Waals surface area contributed by atoms with Crippen molar-refractivity contribution in [1.82, 2.24) is 0 Å². The van der Waals surface area contributed by atoms with Crippen LogP contribution in [0.2, 0.25) is 0 Å². The van der Waals surface area contributed by atoms with Crippen molar-refractivity contribution >= 4 is 17.3 Å². The fourth-order valence-electron chi connectivity index (χ4n) is 2.04. The van der Waals surface area contributed by atoms with E-state index in [0.717, 1.165) is 16.8 Å². The Morgan fingerprint density at radius 3 is 2.57 bits per heavy atom. The number of para-hydroxylation sites is 2. The Balaban J connectivity index is 2.14. The van der Waals surface area contributed by atoms with Crippen molar-refractivity contribution in [2.75, 3.05) is 10.6 Å². The van der Waals surface area contributed by atoms with Gasteiger partial charge in [-0.1, -0.05) is 29.8 Å². The van der Waals surface area contributed by atoms with Crippen molar-refractivity contribution < 1.29 is 9.90 Å². The Morgan fingerprint density at radius 1 is 1.17 bits per heavy atom. The highest BCUT2D eigenvalue weighted by atomic mass is 16.3. The fraction of sp³-hybridized carbons (Fsp3) is 0.111. The second-order valence-corrected chi connectivity index (χ2v) is 5.10. The van der Waals surface area contributed by atoms with Gasteiger partial charge in [0.05, 0.1) is 5.69 Å². The molecule has 2 rings (SSSR count). The minimum atomic E-state index is -0.591. The predicted molar refractivity (Wildman–Crippen MR) is 90.0 cm³/mol. The Morgan fingerprint density at radius 2 is 1.91 bits per heavy atom. The summed E-state index contributed by atoms with van der Waals surface area (Å²) in [6.45, 7) is 3.93. The Bertz CT molecular complexity index is 804. The zero-order chi connectivity index (χ0) is 16.8. The number of hydrogen-bond acceptors (Lipinski definition) is 4. The maximum atomic E-state index is 12.1. The summed E-state index contributed by atoms with van der Waals surface area (Å²) in [7, 11) is 0. The van der Waals surface area contributed by atoms with Crippen molar-refractivity contribution in [3.8, 4) is 11.8 Å². The van der Waals surface area contributed by atoms with Gasteiger partial charge in [0.2, 0.25) is 0 Å². The molecule has 0 bridgehead atoms. The first-order valence-electron chi connectivity index (χ1n) is 7.04. The summed E-state index contributed by atoms with van der Waals surface area (Å²) in [5, 5.41) is 24.3. The third kappa shape index (κ3) is 4.11. The third-order valence-corrected chi connectivity index (χ3v) is 3.27. The number of carbonyl (C=O) groups excluding carboxylic acids is 1. The number of aryl methyl sites for hydroxylation is 2. The topological polar surface area (TPSA) is 85.2 Å². The van der Waals surface area contributed by atoms with E-state index in [4.69, 9.17) is 5.26 Å². The summed E-state index contributed by atoms with van der Waals surface area (Å²) >= 11 is 0. The van der Waals surface area contributed by atoms with Gasteiger partial charge >= 0.3 is 0 Å². The Kier molecular flexibility index (Phi) is 5.00. The van der Waals surface area contributed by atoms with Gasteiger partial charge in [0.25, 0.3) is 5.91 Å². The van der Waals surface area contributed by atoms with Gasteiger partial charge in [0.1, 0.15) is 17.4 Å². The smallest absolute Gasteiger partial charge is 0.267 e. The molecule has 0 radical (unpaired) electrons. The number of benzene rings is 2. The first-order valence-corrected chi connectivity index (χ1v) is 7.04. The summed E-state index contributed by atoms with van der Waals surface area (Å²) in [6, 6.07) is 14.0. The van der Waals surface area contributed by atoms with Crippen LogP contribution in [0.25, 0.3) is 0 Å². The van der Waals surface area contributed by atoms with Gasteiger partial charge in [0.15, 0.2) is 0 Å². The summed E-state index contributed by atoms with van der Waals surface area (Å²) < 4.78 is 0. The number of nitriles is 1. The fourth-order valence-corrected chi connectivity index (χ4v) is 2.04. The number of phenols is 1. The molecular formula is C18H17N3O2. The van der Waals surface area contributed by atoms with E-state index < -0.39 is 5.91 Å². The molecule has 5 nitrogen and oxygen atoms in total.